The molecule has 0 aliphatic rings. The highest BCUT2D eigenvalue weighted by atomic mass is 79.9. The third kappa shape index (κ3) is 3.51. The average molecular weight is 277 g/mol. The number of aryl methyl sites for hydroxylation is 1. The van der Waals surface area contributed by atoms with Gasteiger partial charge >= 0.3 is 5.97 Å². The van der Waals surface area contributed by atoms with Crippen LogP contribution in [0.2, 0.25) is 0 Å². The molecule has 0 amide bonds. The molecule has 0 atom stereocenters. The smallest absolute Gasteiger partial charge is 0.303 e. The second-order valence-corrected chi connectivity index (χ2v) is 4.06. The molecule has 0 bridgehead atoms. The van der Waals surface area contributed by atoms with Gasteiger partial charge < -0.3 is 10.2 Å². The number of phenolic OH excluding ortho intramolecular Hbond substituents is 1. The number of hydrogen-bond donors (Lipinski definition) is 2. The van der Waals surface area contributed by atoms with E-state index in [2.05, 4.69) is 15.9 Å². The first-order valence-electron chi connectivity index (χ1n) is 4.39. The van der Waals surface area contributed by atoms with E-state index in [1.54, 1.807) is 6.07 Å². The molecule has 0 aliphatic carbocycles. The summed E-state index contributed by atoms with van der Waals surface area (Å²) in [5, 5.41) is 17.8. The third-order valence-corrected chi connectivity index (χ3v) is 2.40. The Hall–Kier alpha value is -1.10. The zero-order chi connectivity index (χ0) is 11.4. The summed E-state index contributed by atoms with van der Waals surface area (Å²) in [7, 11) is 0. The molecule has 82 valence electrons. The normalized spacial score (nSPS) is 10.3. The van der Waals surface area contributed by atoms with Crippen LogP contribution in [0.15, 0.2) is 16.6 Å². The van der Waals surface area contributed by atoms with Crippen molar-refractivity contribution in [2.24, 2.45) is 0 Å². The van der Waals surface area contributed by atoms with Crippen molar-refractivity contribution in [3.8, 4) is 5.75 Å². The van der Waals surface area contributed by atoms with Gasteiger partial charge in [0.1, 0.15) is 0 Å². The molecule has 1 aromatic rings. The minimum atomic E-state index is -0.898. The first-order chi connectivity index (χ1) is 7.00. The summed E-state index contributed by atoms with van der Waals surface area (Å²) < 4.78 is 13.6. The van der Waals surface area contributed by atoms with Gasteiger partial charge in [-0.25, -0.2) is 4.39 Å². The first-order valence-corrected chi connectivity index (χ1v) is 5.18. The SMILES string of the molecule is O=C(O)CCCc1cc(Br)cc(F)c1O. The van der Waals surface area contributed by atoms with Gasteiger partial charge in [-0.3, -0.25) is 4.79 Å². The lowest BCUT2D eigenvalue weighted by molar-refractivity contribution is -0.137. The summed E-state index contributed by atoms with van der Waals surface area (Å²) in [4.78, 5) is 10.3. The van der Waals surface area contributed by atoms with E-state index in [0.29, 0.717) is 22.9 Å². The third-order valence-electron chi connectivity index (χ3n) is 1.94. The van der Waals surface area contributed by atoms with Crippen LogP contribution in [0.4, 0.5) is 4.39 Å². The Bertz CT molecular complexity index is 379. The Morgan fingerprint density at radius 2 is 2.13 bits per heavy atom. The highest BCUT2D eigenvalue weighted by molar-refractivity contribution is 9.10. The van der Waals surface area contributed by atoms with E-state index in [9.17, 15) is 14.3 Å². The van der Waals surface area contributed by atoms with E-state index in [1.807, 2.05) is 0 Å². The van der Waals surface area contributed by atoms with E-state index < -0.39 is 17.5 Å². The van der Waals surface area contributed by atoms with Gasteiger partial charge in [0, 0.05) is 10.9 Å². The lowest BCUT2D eigenvalue weighted by Crippen LogP contribution is -1.96. The lowest BCUT2D eigenvalue weighted by atomic mass is 10.1. The molecule has 3 nitrogen and oxygen atoms in total. The summed E-state index contributed by atoms with van der Waals surface area (Å²) in [5.41, 5.74) is 0.420. The number of halogens is 2. The van der Waals surface area contributed by atoms with Gasteiger partial charge in [0.2, 0.25) is 0 Å². The predicted octanol–water partition coefficient (Wildman–Crippen LogP) is 2.70. The van der Waals surface area contributed by atoms with Crippen LogP contribution in [0.1, 0.15) is 18.4 Å². The number of phenols is 1. The van der Waals surface area contributed by atoms with E-state index in [4.69, 9.17) is 5.11 Å². The fourth-order valence-corrected chi connectivity index (χ4v) is 1.72. The fourth-order valence-electron chi connectivity index (χ4n) is 1.24. The summed E-state index contributed by atoms with van der Waals surface area (Å²) in [6.07, 6.45) is 0.723. The molecule has 0 unspecified atom stereocenters. The monoisotopic (exact) mass is 276 g/mol. The lowest BCUT2D eigenvalue weighted by Gasteiger charge is -2.05. The molecule has 5 heteroatoms. The molecule has 0 aromatic heterocycles. The van der Waals surface area contributed by atoms with E-state index in [0.717, 1.165) is 6.07 Å². The van der Waals surface area contributed by atoms with Crippen molar-refractivity contribution in [2.45, 2.75) is 19.3 Å². The van der Waals surface area contributed by atoms with Crippen LogP contribution in [-0.4, -0.2) is 16.2 Å². The molecule has 15 heavy (non-hydrogen) atoms. The van der Waals surface area contributed by atoms with Crippen molar-refractivity contribution in [2.75, 3.05) is 0 Å². The Labute approximate surface area is 94.7 Å². The molecule has 0 fully saturated rings. The number of carbonyl (C=O) groups is 1. The minimum absolute atomic E-state index is 0.00751. The topological polar surface area (TPSA) is 57.5 Å². The summed E-state index contributed by atoms with van der Waals surface area (Å²) in [5.74, 6) is -2.00. The highest BCUT2D eigenvalue weighted by Gasteiger charge is 2.09. The second-order valence-electron chi connectivity index (χ2n) is 3.14. The molecule has 0 saturated carbocycles. The van der Waals surface area contributed by atoms with Gasteiger partial charge in [0.25, 0.3) is 0 Å². The summed E-state index contributed by atoms with van der Waals surface area (Å²) in [6.45, 7) is 0. The Kier molecular flexibility index (Phi) is 4.08. The Balaban J connectivity index is 2.72. The van der Waals surface area contributed by atoms with Crippen LogP contribution >= 0.6 is 15.9 Å². The molecular weight excluding hydrogens is 267 g/mol. The molecular formula is C10H10BrFO3. The largest absolute Gasteiger partial charge is 0.505 e. The number of benzene rings is 1. The molecule has 0 aliphatic heterocycles. The van der Waals surface area contributed by atoms with Crippen molar-refractivity contribution in [1.82, 2.24) is 0 Å². The van der Waals surface area contributed by atoms with Crippen LogP contribution in [0.3, 0.4) is 0 Å². The van der Waals surface area contributed by atoms with Crippen LogP contribution in [0, 0.1) is 5.82 Å². The zero-order valence-corrected chi connectivity index (χ0v) is 9.42. The van der Waals surface area contributed by atoms with Crippen LogP contribution in [-0.2, 0) is 11.2 Å². The van der Waals surface area contributed by atoms with Crippen LogP contribution in [0.25, 0.3) is 0 Å². The first kappa shape index (κ1) is 12.0. The summed E-state index contributed by atoms with van der Waals surface area (Å²) in [6, 6.07) is 2.75. The van der Waals surface area contributed by atoms with Crippen molar-refractivity contribution in [3.05, 3.63) is 28.0 Å². The molecule has 0 radical (unpaired) electrons. The number of carboxylic acid groups (broad SMARTS) is 1. The van der Waals surface area contributed by atoms with Crippen molar-refractivity contribution in [3.63, 3.8) is 0 Å². The molecule has 0 heterocycles. The standard InChI is InChI=1S/C10H10BrFO3/c11-7-4-6(2-1-3-9(13)14)10(15)8(12)5-7/h4-5,15H,1-3H2,(H,13,14). The highest BCUT2D eigenvalue weighted by Crippen LogP contribution is 2.27. The van der Waals surface area contributed by atoms with Gasteiger partial charge in [-0.15, -0.1) is 0 Å². The van der Waals surface area contributed by atoms with Gasteiger partial charge in [0.05, 0.1) is 0 Å². The Morgan fingerprint density at radius 1 is 1.47 bits per heavy atom. The van der Waals surface area contributed by atoms with Crippen LogP contribution in [0.5, 0.6) is 5.75 Å². The van der Waals surface area contributed by atoms with Gasteiger partial charge in [0.15, 0.2) is 11.6 Å². The molecule has 0 spiro atoms. The number of carboxylic acids is 1. The maximum absolute atomic E-state index is 13.0. The number of aromatic hydroxyl groups is 1. The van der Waals surface area contributed by atoms with E-state index in [-0.39, 0.29) is 6.42 Å². The Morgan fingerprint density at radius 3 is 2.73 bits per heavy atom. The second kappa shape index (κ2) is 5.11. The number of hydrogen-bond acceptors (Lipinski definition) is 2. The molecule has 1 aromatic carbocycles. The minimum Gasteiger partial charge on any atom is -0.505 e. The van der Waals surface area contributed by atoms with Crippen molar-refractivity contribution in [1.29, 1.82) is 0 Å². The quantitative estimate of drug-likeness (QED) is 0.889. The van der Waals surface area contributed by atoms with Crippen molar-refractivity contribution >= 4 is 21.9 Å². The summed E-state index contributed by atoms with van der Waals surface area (Å²) >= 11 is 3.10. The van der Waals surface area contributed by atoms with Gasteiger partial charge in [-0.1, -0.05) is 15.9 Å². The van der Waals surface area contributed by atoms with Gasteiger partial charge in [-0.05, 0) is 30.5 Å². The van der Waals surface area contributed by atoms with Gasteiger partial charge in [-0.2, -0.15) is 0 Å². The average Bonchev–Trinajstić information content (AvgIpc) is 2.12. The fraction of sp³-hybridized carbons (Fsp3) is 0.300. The van der Waals surface area contributed by atoms with Crippen molar-refractivity contribution < 1.29 is 19.4 Å². The number of aliphatic carboxylic acids is 1. The maximum Gasteiger partial charge on any atom is 0.303 e. The molecule has 0 saturated heterocycles. The molecule has 1 rings (SSSR count). The predicted molar refractivity (Wildman–Crippen MR) is 56.3 cm³/mol. The van der Waals surface area contributed by atoms with Crippen LogP contribution < -0.4 is 0 Å². The number of rotatable bonds is 4. The molecule has 2 N–H and O–H groups in total. The van der Waals surface area contributed by atoms with E-state index >= 15 is 0 Å². The van der Waals surface area contributed by atoms with E-state index in [1.165, 1.54) is 0 Å². The zero-order valence-electron chi connectivity index (χ0n) is 7.83. The maximum atomic E-state index is 13.0.